The van der Waals surface area contributed by atoms with E-state index in [1.165, 1.54) is 4.68 Å². The summed E-state index contributed by atoms with van der Waals surface area (Å²) in [4.78, 5) is 11.6. The van der Waals surface area contributed by atoms with E-state index in [1.807, 2.05) is 13.1 Å². The molecule has 96 valence electrons. The first-order valence-corrected chi connectivity index (χ1v) is 5.62. The van der Waals surface area contributed by atoms with Crippen molar-refractivity contribution >= 4 is 5.97 Å². The lowest BCUT2D eigenvalue weighted by Gasteiger charge is -2.04. The Bertz CT molecular complexity index is 532. The topological polar surface area (TPSA) is 87.7 Å². The van der Waals surface area contributed by atoms with Crippen LogP contribution in [0.4, 0.5) is 0 Å². The van der Waals surface area contributed by atoms with Crippen LogP contribution in [0.25, 0.3) is 0 Å². The normalized spacial score (nSPS) is 10.6. The van der Waals surface area contributed by atoms with Gasteiger partial charge in [0.2, 0.25) is 0 Å². The molecule has 8 heteroatoms. The molecule has 2 rings (SSSR count). The lowest BCUT2D eigenvalue weighted by atomic mass is 10.3. The second-order valence-corrected chi connectivity index (χ2v) is 3.64. The van der Waals surface area contributed by atoms with Crippen molar-refractivity contribution in [2.24, 2.45) is 7.05 Å². The molecule has 0 unspecified atom stereocenters. The summed E-state index contributed by atoms with van der Waals surface area (Å²) in [6.07, 6.45) is 2.41. The number of tetrazole rings is 1. The SMILES string of the molecule is CCOC(=O)c1nnnn1CCc1ccnn1C. The molecule has 0 aliphatic rings. The largest absolute Gasteiger partial charge is 0.460 e. The molecule has 8 nitrogen and oxygen atoms in total. The molecule has 0 aliphatic heterocycles. The summed E-state index contributed by atoms with van der Waals surface area (Å²) in [6, 6.07) is 1.91. The first kappa shape index (κ1) is 12.2. The number of aromatic nitrogens is 6. The summed E-state index contributed by atoms with van der Waals surface area (Å²) in [6.45, 7) is 2.54. The number of rotatable bonds is 5. The van der Waals surface area contributed by atoms with Gasteiger partial charge in [0, 0.05) is 25.4 Å². The highest BCUT2D eigenvalue weighted by atomic mass is 16.5. The maximum absolute atomic E-state index is 11.6. The zero-order valence-corrected chi connectivity index (χ0v) is 10.3. The molecule has 0 aliphatic carbocycles. The Morgan fingerprint density at radius 3 is 3.00 bits per heavy atom. The van der Waals surface area contributed by atoms with Crippen molar-refractivity contribution in [1.82, 2.24) is 30.0 Å². The molecule has 18 heavy (non-hydrogen) atoms. The first-order valence-electron chi connectivity index (χ1n) is 5.62. The second-order valence-electron chi connectivity index (χ2n) is 3.64. The molecule has 0 bridgehead atoms. The maximum atomic E-state index is 11.6. The number of aryl methyl sites for hydroxylation is 3. The number of hydrogen-bond acceptors (Lipinski definition) is 6. The number of esters is 1. The summed E-state index contributed by atoms with van der Waals surface area (Å²) >= 11 is 0. The monoisotopic (exact) mass is 250 g/mol. The van der Waals surface area contributed by atoms with E-state index in [-0.39, 0.29) is 5.82 Å². The zero-order chi connectivity index (χ0) is 13.0. The molecule has 0 amide bonds. The maximum Gasteiger partial charge on any atom is 0.378 e. The van der Waals surface area contributed by atoms with E-state index in [0.29, 0.717) is 19.6 Å². The van der Waals surface area contributed by atoms with E-state index in [9.17, 15) is 4.79 Å². The number of carbonyl (C=O) groups is 1. The van der Waals surface area contributed by atoms with Gasteiger partial charge in [0.05, 0.1) is 13.2 Å². The van der Waals surface area contributed by atoms with Gasteiger partial charge in [-0.25, -0.2) is 9.48 Å². The van der Waals surface area contributed by atoms with Crippen LogP contribution >= 0.6 is 0 Å². The van der Waals surface area contributed by atoms with Crippen molar-refractivity contribution in [2.45, 2.75) is 19.9 Å². The number of nitrogens with zero attached hydrogens (tertiary/aromatic N) is 6. The van der Waals surface area contributed by atoms with Crippen molar-refractivity contribution in [3.63, 3.8) is 0 Å². The Labute approximate surface area is 104 Å². The fourth-order valence-electron chi connectivity index (χ4n) is 1.56. The van der Waals surface area contributed by atoms with Crippen molar-refractivity contribution < 1.29 is 9.53 Å². The minimum Gasteiger partial charge on any atom is -0.460 e. The van der Waals surface area contributed by atoms with E-state index < -0.39 is 5.97 Å². The Morgan fingerprint density at radius 2 is 2.33 bits per heavy atom. The molecule has 0 saturated carbocycles. The van der Waals surface area contributed by atoms with Gasteiger partial charge < -0.3 is 4.74 Å². The van der Waals surface area contributed by atoms with Crippen LogP contribution in [0.15, 0.2) is 12.3 Å². The molecule has 0 radical (unpaired) electrons. The van der Waals surface area contributed by atoms with Gasteiger partial charge in [-0.2, -0.15) is 5.10 Å². The number of hydrogen-bond donors (Lipinski definition) is 0. The fourth-order valence-corrected chi connectivity index (χ4v) is 1.56. The van der Waals surface area contributed by atoms with Crippen LogP contribution in [-0.4, -0.2) is 42.6 Å². The van der Waals surface area contributed by atoms with Crippen LogP contribution in [0.3, 0.4) is 0 Å². The Balaban J connectivity index is 2.04. The van der Waals surface area contributed by atoms with Crippen molar-refractivity contribution in [2.75, 3.05) is 6.61 Å². The summed E-state index contributed by atoms with van der Waals surface area (Å²) < 4.78 is 8.08. The van der Waals surface area contributed by atoms with Crippen molar-refractivity contribution in [3.8, 4) is 0 Å². The fraction of sp³-hybridized carbons (Fsp3) is 0.500. The Hall–Kier alpha value is -2.25. The molecule has 2 aromatic rings. The minimum absolute atomic E-state index is 0.124. The Kier molecular flexibility index (Phi) is 3.66. The van der Waals surface area contributed by atoms with Crippen LogP contribution < -0.4 is 0 Å². The van der Waals surface area contributed by atoms with Gasteiger partial charge >= 0.3 is 5.97 Å². The van der Waals surface area contributed by atoms with E-state index in [4.69, 9.17) is 4.74 Å². The van der Waals surface area contributed by atoms with Gasteiger partial charge in [0.25, 0.3) is 5.82 Å². The predicted octanol–water partition coefficient (Wildman–Crippen LogP) is -0.174. The first-order chi connectivity index (χ1) is 8.72. The third-order valence-corrected chi connectivity index (χ3v) is 2.49. The second kappa shape index (κ2) is 5.39. The predicted molar refractivity (Wildman–Crippen MR) is 60.7 cm³/mol. The number of ether oxygens (including phenoxy) is 1. The molecular formula is C10H14N6O2. The van der Waals surface area contributed by atoms with Gasteiger partial charge in [-0.05, 0) is 23.4 Å². The summed E-state index contributed by atoms with van der Waals surface area (Å²) in [7, 11) is 1.86. The summed E-state index contributed by atoms with van der Waals surface area (Å²) in [5.74, 6) is -0.383. The molecule has 2 aromatic heterocycles. The highest BCUT2D eigenvalue weighted by molar-refractivity contribution is 5.85. The van der Waals surface area contributed by atoms with Gasteiger partial charge in [-0.1, -0.05) is 0 Å². The van der Waals surface area contributed by atoms with E-state index in [1.54, 1.807) is 17.8 Å². The molecule has 0 N–H and O–H groups in total. The van der Waals surface area contributed by atoms with Crippen LogP contribution in [0.5, 0.6) is 0 Å². The number of carbonyl (C=O) groups excluding carboxylic acids is 1. The standard InChI is InChI=1S/C10H14N6O2/c1-3-18-10(17)9-12-13-14-16(9)7-5-8-4-6-11-15(8)2/h4,6H,3,5,7H2,1-2H3. The van der Waals surface area contributed by atoms with Crippen LogP contribution in [-0.2, 0) is 24.8 Å². The molecule has 0 aromatic carbocycles. The summed E-state index contributed by atoms with van der Waals surface area (Å²) in [5.41, 5.74) is 1.04. The quantitative estimate of drug-likeness (QED) is 0.684. The van der Waals surface area contributed by atoms with Gasteiger partial charge in [-0.15, -0.1) is 5.10 Å². The molecule has 0 spiro atoms. The van der Waals surface area contributed by atoms with Crippen LogP contribution in [0, 0.1) is 0 Å². The molecule has 0 fully saturated rings. The van der Waals surface area contributed by atoms with Crippen LogP contribution in [0.1, 0.15) is 23.2 Å². The van der Waals surface area contributed by atoms with Crippen LogP contribution in [0.2, 0.25) is 0 Å². The van der Waals surface area contributed by atoms with Crippen molar-refractivity contribution in [1.29, 1.82) is 0 Å². The Morgan fingerprint density at radius 1 is 1.50 bits per heavy atom. The van der Waals surface area contributed by atoms with Gasteiger partial charge in [0.15, 0.2) is 0 Å². The summed E-state index contributed by atoms with van der Waals surface area (Å²) in [5, 5.41) is 15.0. The molecule has 0 atom stereocenters. The van der Waals surface area contributed by atoms with Crippen molar-refractivity contribution in [3.05, 3.63) is 23.8 Å². The smallest absolute Gasteiger partial charge is 0.378 e. The lowest BCUT2D eigenvalue weighted by molar-refractivity contribution is 0.0504. The van der Waals surface area contributed by atoms with E-state index >= 15 is 0 Å². The zero-order valence-electron chi connectivity index (χ0n) is 10.3. The third-order valence-electron chi connectivity index (χ3n) is 2.49. The highest BCUT2D eigenvalue weighted by Gasteiger charge is 2.16. The molecular weight excluding hydrogens is 236 g/mol. The lowest BCUT2D eigenvalue weighted by Crippen LogP contribution is -2.16. The average Bonchev–Trinajstić information content (AvgIpc) is 2.95. The molecule has 0 saturated heterocycles. The minimum atomic E-state index is -0.507. The highest BCUT2D eigenvalue weighted by Crippen LogP contribution is 2.02. The molecule has 2 heterocycles. The van der Waals surface area contributed by atoms with Gasteiger partial charge in [-0.3, -0.25) is 4.68 Å². The average molecular weight is 250 g/mol. The van der Waals surface area contributed by atoms with E-state index in [0.717, 1.165) is 5.69 Å². The van der Waals surface area contributed by atoms with E-state index in [2.05, 4.69) is 20.6 Å². The third kappa shape index (κ3) is 2.53. The van der Waals surface area contributed by atoms with Gasteiger partial charge in [0.1, 0.15) is 0 Å².